The third-order valence-corrected chi connectivity index (χ3v) is 2.78. The van der Waals surface area contributed by atoms with Crippen LogP contribution in [0.4, 0.5) is 23.2 Å². The van der Waals surface area contributed by atoms with Crippen molar-refractivity contribution in [1.29, 1.82) is 0 Å². The smallest absolute Gasteiger partial charge is 0.325 e. The van der Waals surface area contributed by atoms with E-state index in [2.05, 4.69) is 5.32 Å². The van der Waals surface area contributed by atoms with Crippen molar-refractivity contribution in [2.75, 3.05) is 9.74 Å². The van der Waals surface area contributed by atoms with Crippen molar-refractivity contribution in [2.45, 2.75) is 13.1 Å². The van der Waals surface area contributed by atoms with Gasteiger partial charge in [-0.15, -0.1) is 0 Å². The Bertz CT molecular complexity index is 445. The van der Waals surface area contributed by atoms with Gasteiger partial charge in [-0.1, -0.05) is 22.6 Å². The van der Waals surface area contributed by atoms with Crippen LogP contribution in [-0.2, 0) is 11.0 Å². The Morgan fingerprint density at radius 3 is 2.47 bits per heavy atom. The third kappa shape index (κ3) is 3.30. The summed E-state index contributed by atoms with van der Waals surface area (Å²) in [4.78, 5) is 11.1. The molecule has 1 aromatic carbocycles. The van der Waals surface area contributed by atoms with Crippen LogP contribution in [0.1, 0.15) is 11.1 Å². The van der Waals surface area contributed by atoms with Crippen LogP contribution in [0.3, 0.4) is 0 Å². The molecule has 0 atom stereocenters. The molecule has 94 valence electrons. The van der Waals surface area contributed by atoms with Gasteiger partial charge in [0.2, 0.25) is 5.91 Å². The number of amides is 1. The lowest BCUT2D eigenvalue weighted by atomic mass is 10.1. The number of nitrogens with one attached hydrogen (secondary N) is 1. The van der Waals surface area contributed by atoms with E-state index < -0.39 is 23.5 Å². The standard InChI is InChI=1S/C10H8F4INO/c1-5-7(16-8(17)4-15)3-2-6(9(5)11)10(12,13)14/h2-3H,4H2,1H3,(H,16,17). The minimum atomic E-state index is -4.74. The molecule has 0 aromatic heterocycles. The van der Waals surface area contributed by atoms with Gasteiger partial charge in [-0.2, -0.15) is 13.2 Å². The van der Waals surface area contributed by atoms with Crippen LogP contribution in [0, 0.1) is 12.7 Å². The largest absolute Gasteiger partial charge is 0.419 e. The SMILES string of the molecule is Cc1c(NC(=O)CI)ccc(C(F)(F)F)c1F. The summed E-state index contributed by atoms with van der Waals surface area (Å²) in [6.07, 6.45) is -4.74. The number of hydrogen-bond acceptors (Lipinski definition) is 1. The molecule has 0 bridgehead atoms. The summed E-state index contributed by atoms with van der Waals surface area (Å²) in [6.45, 7) is 1.19. The monoisotopic (exact) mass is 361 g/mol. The third-order valence-electron chi connectivity index (χ3n) is 2.09. The molecular formula is C10H8F4INO. The number of carbonyl (C=O) groups excluding carboxylic acids is 1. The van der Waals surface area contributed by atoms with Gasteiger partial charge in [0.05, 0.1) is 9.99 Å². The molecule has 0 spiro atoms. The molecule has 0 fully saturated rings. The van der Waals surface area contributed by atoms with Crippen molar-refractivity contribution in [3.63, 3.8) is 0 Å². The lowest BCUT2D eigenvalue weighted by Crippen LogP contribution is -2.15. The Hall–Kier alpha value is -0.860. The Morgan fingerprint density at radius 2 is 2.00 bits per heavy atom. The van der Waals surface area contributed by atoms with Crippen LogP contribution in [0.25, 0.3) is 0 Å². The Labute approximate surface area is 109 Å². The first kappa shape index (κ1) is 14.2. The fraction of sp³-hybridized carbons (Fsp3) is 0.300. The first-order valence-corrected chi connectivity index (χ1v) is 6.02. The quantitative estimate of drug-likeness (QED) is 0.488. The normalized spacial score (nSPS) is 11.4. The first-order valence-electron chi connectivity index (χ1n) is 4.49. The van der Waals surface area contributed by atoms with E-state index in [0.717, 1.165) is 6.07 Å². The minimum absolute atomic E-state index is 0.0529. The molecule has 0 heterocycles. The predicted molar refractivity (Wildman–Crippen MR) is 63.7 cm³/mol. The average Bonchev–Trinajstić information content (AvgIpc) is 2.22. The molecule has 0 aliphatic rings. The predicted octanol–water partition coefficient (Wildman–Crippen LogP) is 3.53. The second-order valence-corrected chi connectivity index (χ2v) is 4.04. The van der Waals surface area contributed by atoms with E-state index in [1.807, 2.05) is 0 Å². The highest BCUT2D eigenvalue weighted by Gasteiger charge is 2.35. The maximum absolute atomic E-state index is 13.4. The topological polar surface area (TPSA) is 29.1 Å². The number of halogens is 5. The lowest BCUT2D eigenvalue weighted by Gasteiger charge is -2.13. The van der Waals surface area contributed by atoms with Crippen molar-refractivity contribution < 1.29 is 22.4 Å². The van der Waals surface area contributed by atoms with Gasteiger partial charge >= 0.3 is 6.18 Å². The number of hydrogen-bond donors (Lipinski definition) is 1. The highest BCUT2D eigenvalue weighted by atomic mass is 127. The van der Waals surface area contributed by atoms with Gasteiger partial charge in [0.1, 0.15) is 5.82 Å². The second kappa shape index (κ2) is 5.19. The molecule has 7 heteroatoms. The molecule has 2 nitrogen and oxygen atoms in total. The van der Waals surface area contributed by atoms with E-state index in [-0.39, 0.29) is 15.7 Å². The van der Waals surface area contributed by atoms with Crippen LogP contribution in [0.5, 0.6) is 0 Å². The van der Waals surface area contributed by atoms with Gasteiger partial charge in [-0.3, -0.25) is 4.79 Å². The van der Waals surface area contributed by atoms with E-state index in [9.17, 15) is 22.4 Å². The van der Waals surface area contributed by atoms with Gasteiger partial charge in [-0.25, -0.2) is 4.39 Å². The number of benzene rings is 1. The fourth-order valence-corrected chi connectivity index (χ4v) is 1.41. The summed E-state index contributed by atoms with van der Waals surface area (Å²) < 4.78 is 50.7. The Balaban J connectivity index is 3.15. The zero-order chi connectivity index (χ0) is 13.2. The van der Waals surface area contributed by atoms with E-state index in [1.54, 1.807) is 22.6 Å². The van der Waals surface area contributed by atoms with Crippen LogP contribution in [0.15, 0.2) is 12.1 Å². The van der Waals surface area contributed by atoms with Gasteiger partial charge in [0.25, 0.3) is 0 Å². The molecule has 1 rings (SSSR count). The summed E-state index contributed by atoms with van der Waals surface area (Å²) in [7, 11) is 0. The summed E-state index contributed by atoms with van der Waals surface area (Å²) in [5, 5.41) is 2.33. The van der Waals surface area contributed by atoms with Crippen LogP contribution in [0.2, 0.25) is 0 Å². The van der Waals surface area contributed by atoms with Gasteiger partial charge in [-0.05, 0) is 19.1 Å². The summed E-state index contributed by atoms with van der Waals surface area (Å²) in [5.41, 5.74) is -1.50. The molecule has 1 N–H and O–H groups in total. The highest BCUT2D eigenvalue weighted by molar-refractivity contribution is 14.1. The minimum Gasteiger partial charge on any atom is -0.325 e. The maximum atomic E-state index is 13.4. The van der Waals surface area contributed by atoms with Gasteiger partial charge in [0.15, 0.2) is 0 Å². The zero-order valence-corrected chi connectivity index (χ0v) is 10.8. The molecule has 0 saturated heterocycles. The van der Waals surface area contributed by atoms with Crippen LogP contribution < -0.4 is 5.32 Å². The summed E-state index contributed by atoms with van der Waals surface area (Å²) >= 11 is 1.79. The van der Waals surface area contributed by atoms with Crippen molar-refractivity contribution in [3.05, 3.63) is 29.1 Å². The lowest BCUT2D eigenvalue weighted by molar-refractivity contribution is -0.140. The van der Waals surface area contributed by atoms with Gasteiger partial charge < -0.3 is 5.32 Å². The molecule has 1 aromatic rings. The number of anilines is 1. The number of carbonyl (C=O) groups is 1. The Kier molecular flexibility index (Phi) is 4.34. The van der Waals surface area contributed by atoms with Crippen molar-refractivity contribution >= 4 is 34.2 Å². The maximum Gasteiger partial charge on any atom is 0.419 e. The molecular weight excluding hydrogens is 353 g/mol. The van der Waals surface area contributed by atoms with Gasteiger partial charge in [0, 0.05) is 11.3 Å². The van der Waals surface area contributed by atoms with Crippen molar-refractivity contribution in [1.82, 2.24) is 0 Å². The molecule has 17 heavy (non-hydrogen) atoms. The molecule has 0 aliphatic carbocycles. The zero-order valence-electron chi connectivity index (χ0n) is 8.66. The molecule has 0 radical (unpaired) electrons. The summed E-state index contributed by atoms with van der Waals surface area (Å²) in [5.74, 6) is -1.75. The Morgan fingerprint density at radius 1 is 1.41 bits per heavy atom. The molecule has 0 saturated carbocycles. The van der Waals surface area contributed by atoms with Crippen LogP contribution >= 0.6 is 22.6 Å². The molecule has 1 amide bonds. The van der Waals surface area contributed by atoms with Crippen molar-refractivity contribution in [3.8, 4) is 0 Å². The molecule has 0 aliphatic heterocycles. The summed E-state index contributed by atoms with van der Waals surface area (Å²) in [6, 6.07) is 1.66. The average molecular weight is 361 g/mol. The number of alkyl halides is 4. The van der Waals surface area contributed by atoms with Crippen molar-refractivity contribution in [2.24, 2.45) is 0 Å². The molecule has 0 unspecified atom stereocenters. The van der Waals surface area contributed by atoms with Crippen LogP contribution in [-0.4, -0.2) is 10.3 Å². The highest BCUT2D eigenvalue weighted by Crippen LogP contribution is 2.34. The van der Waals surface area contributed by atoms with E-state index in [4.69, 9.17) is 0 Å². The van der Waals surface area contributed by atoms with E-state index >= 15 is 0 Å². The van der Waals surface area contributed by atoms with E-state index in [0.29, 0.717) is 6.07 Å². The van der Waals surface area contributed by atoms with E-state index in [1.165, 1.54) is 6.92 Å². The first-order chi connectivity index (χ1) is 7.77. The number of rotatable bonds is 2. The fourth-order valence-electron chi connectivity index (χ4n) is 1.22. The second-order valence-electron chi connectivity index (χ2n) is 3.28.